The van der Waals surface area contributed by atoms with Crippen LogP contribution in [0.3, 0.4) is 0 Å². The minimum atomic E-state index is -1.04. The van der Waals surface area contributed by atoms with Crippen molar-refractivity contribution < 1.29 is 24.2 Å². The predicted molar refractivity (Wildman–Crippen MR) is 145 cm³/mol. The molecule has 1 heterocycles. The number of pyridine rings is 1. The lowest BCUT2D eigenvalue weighted by molar-refractivity contribution is -0.138. The third-order valence-corrected chi connectivity index (χ3v) is 5.93. The Morgan fingerprint density at radius 2 is 1.63 bits per heavy atom. The van der Waals surface area contributed by atoms with Crippen LogP contribution in [0.25, 0.3) is 11.1 Å². The monoisotopic (exact) mass is 518 g/mol. The number of benzene rings is 2. The highest BCUT2D eigenvalue weighted by Crippen LogP contribution is 2.23. The normalized spacial score (nSPS) is 12.2. The smallest absolute Gasteiger partial charge is 0.305 e. The molecule has 3 rings (SSSR count). The molecule has 0 spiro atoms. The predicted octanol–water partition coefficient (Wildman–Crippen LogP) is 3.79. The first-order chi connectivity index (χ1) is 18.5. The summed E-state index contributed by atoms with van der Waals surface area (Å²) in [6.45, 7) is 0.813. The lowest BCUT2D eigenvalue weighted by Crippen LogP contribution is -2.48. The van der Waals surface area contributed by atoms with E-state index in [1.807, 2.05) is 72.8 Å². The van der Waals surface area contributed by atoms with Gasteiger partial charge in [0.05, 0.1) is 12.5 Å². The second-order valence-corrected chi connectivity index (χ2v) is 8.79. The number of carbonyl (C=O) groups is 3. The molecule has 0 aliphatic rings. The van der Waals surface area contributed by atoms with Gasteiger partial charge >= 0.3 is 5.97 Å². The zero-order valence-corrected chi connectivity index (χ0v) is 21.4. The van der Waals surface area contributed by atoms with E-state index in [9.17, 15) is 19.5 Å². The van der Waals surface area contributed by atoms with E-state index in [1.54, 1.807) is 6.20 Å². The lowest BCUT2D eigenvalue weighted by atomic mass is 9.98. The van der Waals surface area contributed by atoms with Gasteiger partial charge in [-0.2, -0.15) is 0 Å². The van der Waals surface area contributed by atoms with Crippen molar-refractivity contribution >= 4 is 23.6 Å². The van der Waals surface area contributed by atoms with Crippen molar-refractivity contribution in [2.24, 2.45) is 0 Å². The Bertz CT molecular complexity index is 1160. The Morgan fingerprint density at radius 3 is 2.29 bits per heavy atom. The van der Waals surface area contributed by atoms with Crippen LogP contribution in [-0.4, -0.2) is 54.2 Å². The Balaban J connectivity index is 1.60. The number of aromatic nitrogens is 1. The molecule has 1 aromatic heterocycles. The van der Waals surface area contributed by atoms with Crippen LogP contribution in [0.1, 0.15) is 37.3 Å². The summed E-state index contributed by atoms with van der Waals surface area (Å²) in [5.74, 6) is -1.04. The highest BCUT2D eigenvalue weighted by Gasteiger charge is 2.25. The number of nitrogens with one attached hydrogen (secondary N) is 3. The van der Waals surface area contributed by atoms with Crippen LogP contribution >= 0.6 is 0 Å². The molecule has 0 saturated heterocycles. The van der Waals surface area contributed by atoms with E-state index in [0.717, 1.165) is 16.9 Å². The second-order valence-electron chi connectivity index (χ2n) is 8.79. The molecule has 0 saturated carbocycles. The molecule has 2 aromatic carbocycles. The van der Waals surface area contributed by atoms with Crippen molar-refractivity contribution in [2.45, 2.75) is 37.8 Å². The van der Waals surface area contributed by atoms with Gasteiger partial charge in [0, 0.05) is 32.9 Å². The SMILES string of the molecule is COCC[C@H](NC(=O)CCCNc1ccccn1)C(=O)NC(CC(=O)O)c1ccc(-c2ccccc2)cc1. The van der Waals surface area contributed by atoms with E-state index >= 15 is 0 Å². The number of carboxylic acid groups (broad SMARTS) is 1. The molecular formula is C29H34N4O5. The highest BCUT2D eigenvalue weighted by molar-refractivity contribution is 5.88. The van der Waals surface area contributed by atoms with Crippen LogP contribution in [0.4, 0.5) is 5.82 Å². The molecule has 1 unspecified atom stereocenters. The Morgan fingerprint density at radius 1 is 0.921 bits per heavy atom. The molecule has 9 heteroatoms. The number of nitrogens with zero attached hydrogens (tertiary/aromatic N) is 1. The number of ether oxygens (including phenoxy) is 1. The number of hydrogen-bond donors (Lipinski definition) is 4. The number of amides is 2. The van der Waals surface area contributed by atoms with Crippen molar-refractivity contribution in [1.82, 2.24) is 15.6 Å². The topological polar surface area (TPSA) is 130 Å². The van der Waals surface area contributed by atoms with Gasteiger partial charge < -0.3 is 25.8 Å². The summed E-state index contributed by atoms with van der Waals surface area (Å²) < 4.78 is 5.12. The van der Waals surface area contributed by atoms with Gasteiger partial charge in [0.1, 0.15) is 11.9 Å². The summed E-state index contributed by atoms with van der Waals surface area (Å²) in [6, 6.07) is 21.2. The molecular weight excluding hydrogens is 484 g/mol. The average molecular weight is 519 g/mol. The van der Waals surface area contributed by atoms with Gasteiger partial charge in [0.25, 0.3) is 0 Å². The third kappa shape index (κ3) is 9.33. The van der Waals surface area contributed by atoms with Crippen LogP contribution in [-0.2, 0) is 19.1 Å². The van der Waals surface area contributed by atoms with Gasteiger partial charge in [-0.25, -0.2) is 4.98 Å². The van der Waals surface area contributed by atoms with E-state index in [1.165, 1.54) is 7.11 Å². The fraction of sp³-hybridized carbons (Fsp3) is 0.310. The van der Waals surface area contributed by atoms with Gasteiger partial charge in [-0.05, 0) is 41.7 Å². The molecule has 200 valence electrons. The summed E-state index contributed by atoms with van der Waals surface area (Å²) in [5, 5.41) is 18.2. The fourth-order valence-electron chi connectivity index (χ4n) is 3.94. The van der Waals surface area contributed by atoms with E-state index < -0.39 is 24.0 Å². The summed E-state index contributed by atoms with van der Waals surface area (Å²) in [7, 11) is 1.52. The van der Waals surface area contributed by atoms with Crippen LogP contribution in [0, 0.1) is 0 Å². The molecule has 3 aromatic rings. The van der Waals surface area contributed by atoms with Crippen LogP contribution < -0.4 is 16.0 Å². The van der Waals surface area contributed by atoms with E-state index in [2.05, 4.69) is 20.9 Å². The third-order valence-electron chi connectivity index (χ3n) is 5.93. The Hall–Kier alpha value is -4.24. The molecule has 2 atom stereocenters. The van der Waals surface area contributed by atoms with Gasteiger partial charge in [-0.1, -0.05) is 60.7 Å². The quantitative estimate of drug-likeness (QED) is 0.225. The van der Waals surface area contributed by atoms with Crippen LogP contribution in [0.5, 0.6) is 0 Å². The van der Waals surface area contributed by atoms with Crippen molar-refractivity contribution in [1.29, 1.82) is 0 Å². The van der Waals surface area contributed by atoms with Gasteiger partial charge in [0.2, 0.25) is 11.8 Å². The molecule has 2 amide bonds. The number of carboxylic acids is 1. The number of aliphatic carboxylic acids is 1. The van der Waals surface area contributed by atoms with E-state index in [-0.39, 0.29) is 31.8 Å². The van der Waals surface area contributed by atoms with Crippen LogP contribution in [0.15, 0.2) is 79.0 Å². The maximum Gasteiger partial charge on any atom is 0.305 e. The van der Waals surface area contributed by atoms with Crippen molar-refractivity contribution in [2.75, 3.05) is 25.6 Å². The van der Waals surface area contributed by atoms with Gasteiger partial charge in [-0.15, -0.1) is 0 Å². The number of methoxy groups -OCH3 is 1. The Labute approximate surface area is 222 Å². The molecule has 0 fully saturated rings. The zero-order chi connectivity index (χ0) is 27.2. The van der Waals surface area contributed by atoms with Gasteiger partial charge in [-0.3, -0.25) is 14.4 Å². The summed E-state index contributed by atoms with van der Waals surface area (Å²) in [4.78, 5) is 41.5. The molecule has 0 bridgehead atoms. The van der Waals surface area contributed by atoms with Crippen molar-refractivity contribution in [3.8, 4) is 11.1 Å². The number of hydrogen-bond acceptors (Lipinski definition) is 6. The summed E-state index contributed by atoms with van der Waals surface area (Å²) in [5.41, 5.74) is 2.69. The maximum atomic E-state index is 13.2. The van der Waals surface area contributed by atoms with Crippen molar-refractivity contribution in [3.05, 3.63) is 84.6 Å². The minimum Gasteiger partial charge on any atom is -0.481 e. The minimum absolute atomic E-state index is 0.218. The number of carbonyl (C=O) groups excluding carboxylic acids is 2. The number of rotatable bonds is 15. The van der Waals surface area contributed by atoms with E-state index in [4.69, 9.17) is 4.74 Å². The largest absolute Gasteiger partial charge is 0.481 e. The first kappa shape index (κ1) is 28.3. The van der Waals surface area contributed by atoms with Gasteiger partial charge in [0.15, 0.2) is 0 Å². The molecule has 38 heavy (non-hydrogen) atoms. The summed E-state index contributed by atoms with van der Waals surface area (Å²) >= 11 is 0. The standard InChI is InChI=1S/C29H34N4O5/c1-38-19-16-24(32-27(34)11-7-18-31-26-10-5-6-17-30-26)29(37)33-25(20-28(35)36)23-14-12-22(13-15-23)21-8-3-2-4-9-21/h2-6,8-10,12-15,17,24-25H,7,11,16,18-20H2,1H3,(H,30,31)(H,32,34)(H,33,37)(H,35,36)/t24-,25?/m0/s1. The maximum absolute atomic E-state index is 13.2. The van der Waals surface area contributed by atoms with E-state index in [0.29, 0.717) is 18.5 Å². The second kappa shape index (κ2) is 15.1. The van der Waals surface area contributed by atoms with Crippen LogP contribution in [0.2, 0.25) is 0 Å². The number of anilines is 1. The molecule has 9 nitrogen and oxygen atoms in total. The fourth-order valence-corrected chi connectivity index (χ4v) is 3.94. The molecule has 0 aliphatic heterocycles. The van der Waals surface area contributed by atoms with Crippen molar-refractivity contribution in [3.63, 3.8) is 0 Å². The zero-order valence-electron chi connectivity index (χ0n) is 21.4. The highest BCUT2D eigenvalue weighted by atomic mass is 16.5. The molecule has 0 radical (unpaired) electrons. The molecule has 4 N–H and O–H groups in total. The lowest BCUT2D eigenvalue weighted by Gasteiger charge is -2.23. The summed E-state index contributed by atoms with van der Waals surface area (Å²) in [6.07, 6.45) is 2.42. The molecule has 0 aliphatic carbocycles. The average Bonchev–Trinajstić information content (AvgIpc) is 2.94. The first-order valence-electron chi connectivity index (χ1n) is 12.6. The first-order valence-corrected chi connectivity index (χ1v) is 12.6. The Kier molecular flexibility index (Phi) is 11.3.